The molecule has 0 aromatic rings. The molecule has 3 unspecified atom stereocenters. The third kappa shape index (κ3) is 14.8. The Morgan fingerprint density at radius 2 is 1.12 bits per heavy atom. The van der Waals surface area contributed by atoms with Crippen LogP contribution in [-0.2, 0) is 28.6 Å². The van der Waals surface area contributed by atoms with Gasteiger partial charge in [0, 0.05) is 6.42 Å². The number of unbranched alkanes of at least 4 members (excludes halogenated alkanes) is 19. The predicted molar refractivity (Wildman–Crippen MR) is 170 cm³/mol. The van der Waals surface area contributed by atoms with Gasteiger partial charge in [-0.15, -0.1) is 0 Å². The minimum Gasteiger partial charge on any atom is -0.454 e. The molecule has 7 heteroatoms. The number of aliphatic hydroxyl groups is 1. The molecule has 2 rings (SSSR count). The van der Waals surface area contributed by atoms with E-state index in [1.807, 2.05) is 0 Å². The van der Waals surface area contributed by atoms with Gasteiger partial charge in [-0.3, -0.25) is 9.59 Å². The number of hydrogen-bond donors (Lipinski definition) is 1. The summed E-state index contributed by atoms with van der Waals surface area (Å²) in [6.45, 7) is 6.78. The Hall–Kier alpha value is -1.63. The molecule has 2 aliphatic rings. The predicted octanol–water partition coefficient (Wildman–Crippen LogP) is 9.26. The van der Waals surface area contributed by atoms with Gasteiger partial charge < -0.3 is 19.3 Å². The molecule has 2 heterocycles. The molecule has 2 fully saturated rings. The molecule has 0 aromatic heterocycles. The van der Waals surface area contributed by atoms with Crippen molar-refractivity contribution in [2.45, 2.75) is 205 Å². The Balaban J connectivity index is 1.79. The van der Waals surface area contributed by atoms with Crippen LogP contribution in [0.15, 0.2) is 0 Å². The van der Waals surface area contributed by atoms with Gasteiger partial charge in [-0.2, -0.15) is 0 Å². The number of cyclic esters (lactones) is 1. The number of fused-ring (bicyclic) bond motifs is 3. The minimum atomic E-state index is -2.23. The van der Waals surface area contributed by atoms with Crippen molar-refractivity contribution in [3.63, 3.8) is 0 Å². The second-order valence-corrected chi connectivity index (χ2v) is 13.8. The van der Waals surface area contributed by atoms with Crippen molar-refractivity contribution in [2.24, 2.45) is 5.92 Å². The highest BCUT2D eigenvalue weighted by Crippen LogP contribution is 2.40. The zero-order chi connectivity index (χ0) is 31.4. The van der Waals surface area contributed by atoms with Gasteiger partial charge in [-0.1, -0.05) is 149 Å². The highest BCUT2D eigenvalue weighted by Gasteiger charge is 2.58. The normalized spacial score (nSPS) is 23.9. The lowest BCUT2D eigenvalue weighted by Crippen LogP contribution is -2.55. The van der Waals surface area contributed by atoms with E-state index >= 15 is 0 Å². The van der Waals surface area contributed by atoms with Crippen LogP contribution < -0.4 is 0 Å². The van der Waals surface area contributed by atoms with E-state index in [0.29, 0.717) is 12.8 Å². The van der Waals surface area contributed by atoms with Crippen molar-refractivity contribution in [3.8, 4) is 0 Å². The van der Waals surface area contributed by atoms with Gasteiger partial charge in [-0.05, 0) is 25.2 Å². The first-order valence-corrected chi connectivity index (χ1v) is 18.1. The van der Waals surface area contributed by atoms with Gasteiger partial charge in [0.05, 0.1) is 12.8 Å². The smallest absolute Gasteiger partial charge is 0.342 e. The zero-order valence-corrected chi connectivity index (χ0v) is 27.9. The average Bonchev–Trinajstić information content (AvgIpc) is 3.01. The zero-order valence-electron chi connectivity index (χ0n) is 27.9. The van der Waals surface area contributed by atoms with Gasteiger partial charge in [0.25, 0.3) is 5.79 Å². The molecule has 1 N–H and O–H groups in total. The van der Waals surface area contributed by atoms with Crippen LogP contribution in [0.5, 0.6) is 0 Å². The van der Waals surface area contributed by atoms with Crippen LogP contribution >= 0.6 is 0 Å². The molecule has 0 aliphatic carbocycles. The van der Waals surface area contributed by atoms with E-state index in [0.717, 1.165) is 44.4 Å². The highest BCUT2D eigenvalue weighted by atomic mass is 16.8. The lowest BCUT2D eigenvalue weighted by molar-refractivity contribution is -0.273. The summed E-state index contributed by atoms with van der Waals surface area (Å²) < 4.78 is 17.3. The first-order chi connectivity index (χ1) is 20.7. The summed E-state index contributed by atoms with van der Waals surface area (Å²) >= 11 is 0. The fraction of sp³-hybridized carbons (Fsp3) is 0.917. The van der Waals surface area contributed by atoms with Crippen molar-refractivity contribution in [1.29, 1.82) is 0 Å². The van der Waals surface area contributed by atoms with Crippen molar-refractivity contribution < 1.29 is 33.7 Å². The molecular formula is C36H64O7. The molecule has 0 radical (unpaired) electrons. The maximum Gasteiger partial charge on any atom is 0.342 e. The van der Waals surface area contributed by atoms with E-state index in [1.165, 1.54) is 96.3 Å². The van der Waals surface area contributed by atoms with Crippen LogP contribution in [0.25, 0.3) is 0 Å². The summed E-state index contributed by atoms with van der Waals surface area (Å²) in [6, 6.07) is 0. The quantitative estimate of drug-likeness (QED) is 0.0814. The highest BCUT2D eigenvalue weighted by molar-refractivity contribution is 5.92. The summed E-state index contributed by atoms with van der Waals surface area (Å²) in [5, 5.41) is 10.8. The number of hydrogen-bond acceptors (Lipinski definition) is 7. The molecule has 250 valence electrons. The summed E-state index contributed by atoms with van der Waals surface area (Å²) in [6.07, 6.45) is 24.8. The minimum absolute atomic E-state index is 0.270. The summed E-state index contributed by atoms with van der Waals surface area (Å²) in [7, 11) is 0. The molecular weight excluding hydrogens is 544 g/mol. The molecule has 3 atom stereocenters. The first kappa shape index (κ1) is 37.6. The Bertz CT molecular complexity index is 796. The summed E-state index contributed by atoms with van der Waals surface area (Å²) in [4.78, 5) is 38.5. The number of rotatable bonds is 25. The van der Waals surface area contributed by atoms with E-state index in [2.05, 4.69) is 20.8 Å². The topological polar surface area (TPSA) is 99.1 Å². The van der Waals surface area contributed by atoms with Crippen LogP contribution in [0.4, 0.5) is 0 Å². The maximum atomic E-state index is 13.0. The molecule has 7 nitrogen and oxygen atoms in total. The van der Waals surface area contributed by atoms with Crippen LogP contribution in [0.2, 0.25) is 0 Å². The maximum absolute atomic E-state index is 13.0. The van der Waals surface area contributed by atoms with E-state index < -0.39 is 48.2 Å². The second kappa shape index (κ2) is 21.2. The molecule has 0 aromatic carbocycles. The Kier molecular flexibility index (Phi) is 18.5. The second-order valence-electron chi connectivity index (χ2n) is 13.8. The van der Waals surface area contributed by atoms with Crippen LogP contribution in [-0.4, -0.2) is 40.5 Å². The van der Waals surface area contributed by atoms with Gasteiger partial charge in [0.15, 0.2) is 11.7 Å². The monoisotopic (exact) mass is 608 g/mol. The van der Waals surface area contributed by atoms with E-state index in [4.69, 9.17) is 14.2 Å². The third-order valence-corrected chi connectivity index (χ3v) is 9.20. The number of carbonyl (C=O) groups is 3. The van der Waals surface area contributed by atoms with Gasteiger partial charge >= 0.3 is 17.9 Å². The molecule has 2 aliphatic heterocycles. The van der Waals surface area contributed by atoms with Gasteiger partial charge in [-0.25, -0.2) is 4.79 Å². The number of carbonyl (C=O) groups excluding carboxylic acids is 3. The molecule has 0 amide bonds. The number of esters is 3. The van der Waals surface area contributed by atoms with E-state index in [1.54, 1.807) is 0 Å². The van der Waals surface area contributed by atoms with Gasteiger partial charge in [0.1, 0.15) is 0 Å². The van der Waals surface area contributed by atoms with Gasteiger partial charge in [0.2, 0.25) is 0 Å². The molecule has 0 spiro atoms. The van der Waals surface area contributed by atoms with Crippen molar-refractivity contribution in [1.82, 2.24) is 0 Å². The molecule has 43 heavy (non-hydrogen) atoms. The average molecular weight is 609 g/mol. The fourth-order valence-corrected chi connectivity index (χ4v) is 6.48. The standard InChI is InChI=1S/C36H64O7/c1-4-5-6-7-8-9-10-11-12-13-14-18-21-24-27-36-31(26-23-20-17-15-16-19-22-25-30(2)3)41-32(37)28-35(40,34(39)43-36)29-33(38)42-36/h30-31,40H,4-29H2,1-3H3. The lowest BCUT2D eigenvalue weighted by atomic mass is 9.93. The fourth-order valence-electron chi connectivity index (χ4n) is 6.48. The van der Waals surface area contributed by atoms with E-state index in [-0.39, 0.29) is 6.42 Å². The van der Waals surface area contributed by atoms with Crippen LogP contribution in [0, 0.1) is 5.92 Å². The Morgan fingerprint density at radius 1 is 0.651 bits per heavy atom. The Morgan fingerprint density at radius 3 is 1.65 bits per heavy atom. The van der Waals surface area contributed by atoms with Crippen molar-refractivity contribution >= 4 is 17.9 Å². The third-order valence-electron chi connectivity index (χ3n) is 9.20. The SMILES string of the molecule is CCCCCCCCCCCCCCCCC12OC(=O)CC(O)(CC(=O)OC1CCCCCCCCCC(C)C)C(=O)O2. The van der Waals surface area contributed by atoms with Crippen molar-refractivity contribution in [3.05, 3.63) is 0 Å². The van der Waals surface area contributed by atoms with Crippen LogP contribution in [0.3, 0.4) is 0 Å². The molecule has 2 bridgehead atoms. The summed E-state index contributed by atoms with van der Waals surface area (Å²) in [5.74, 6) is -3.26. The van der Waals surface area contributed by atoms with Crippen molar-refractivity contribution in [2.75, 3.05) is 0 Å². The summed E-state index contributed by atoms with van der Waals surface area (Å²) in [5.41, 5.74) is -2.23. The van der Waals surface area contributed by atoms with E-state index in [9.17, 15) is 19.5 Å². The van der Waals surface area contributed by atoms with Crippen LogP contribution in [0.1, 0.15) is 188 Å². The first-order valence-electron chi connectivity index (χ1n) is 18.1. The largest absolute Gasteiger partial charge is 0.454 e. The molecule has 0 saturated carbocycles. The number of ether oxygens (including phenoxy) is 3. The molecule has 2 saturated heterocycles. The lowest BCUT2D eigenvalue weighted by Gasteiger charge is -2.39. The Labute approximate surface area is 262 Å².